The van der Waals surface area contributed by atoms with Crippen molar-refractivity contribution in [3.63, 3.8) is 0 Å². The van der Waals surface area contributed by atoms with E-state index >= 15 is 0 Å². The summed E-state index contributed by atoms with van der Waals surface area (Å²) in [7, 11) is -3.91. The van der Waals surface area contributed by atoms with E-state index in [1.807, 2.05) is 10.8 Å². The lowest BCUT2D eigenvalue weighted by atomic mass is 10.2. The van der Waals surface area contributed by atoms with Gasteiger partial charge in [0.15, 0.2) is 15.7 Å². The van der Waals surface area contributed by atoms with Crippen LogP contribution in [0.1, 0.15) is 15.9 Å². The van der Waals surface area contributed by atoms with Crippen LogP contribution in [-0.2, 0) is 16.3 Å². The van der Waals surface area contributed by atoms with Crippen LogP contribution in [0.5, 0.6) is 0 Å². The minimum atomic E-state index is -3.91. The van der Waals surface area contributed by atoms with Crippen LogP contribution in [0.15, 0.2) is 38.3 Å². The van der Waals surface area contributed by atoms with Crippen molar-refractivity contribution in [3.8, 4) is 0 Å². The fraction of sp³-hybridized carbons (Fsp3) is 0.154. The van der Waals surface area contributed by atoms with Gasteiger partial charge in [-0.1, -0.05) is 15.9 Å². The van der Waals surface area contributed by atoms with Crippen LogP contribution in [0.4, 0.5) is 4.39 Å². The minimum absolute atomic E-state index is 0.204. The number of thiophene rings is 1. The lowest BCUT2D eigenvalue weighted by Crippen LogP contribution is -2.13. The predicted molar refractivity (Wildman–Crippen MR) is 81.1 cm³/mol. The highest BCUT2D eigenvalue weighted by atomic mass is 79.9. The van der Waals surface area contributed by atoms with E-state index in [1.54, 1.807) is 6.07 Å². The molecule has 0 radical (unpaired) electrons. The summed E-state index contributed by atoms with van der Waals surface area (Å²) in [4.78, 5) is 10.4. The molecule has 0 aliphatic rings. The summed E-state index contributed by atoms with van der Waals surface area (Å²) in [5, 5.41) is 12.5. The molecule has 112 valence electrons. The molecule has 0 bridgehead atoms. The average molecular weight is 393 g/mol. The monoisotopic (exact) mass is 392 g/mol. The van der Waals surface area contributed by atoms with E-state index in [2.05, 4.69) is 15.9 Å². The number of carboxylic acids is 1. The first-order chi connectivity index (χ1) is 9.81. The second kappa shape index (κ2) is 6.25. The Labute approximate surface area is 133 Å². The average Bonchev–Trinajstić information content (AvgIpc) is 2.91. The van der Waals surface area contributed by atoms with Crippen molar-refractivity contribution < 1.29 is 22.7 Å². The van der Waals surface area contributed by atoms with Crippen LogP contribution >= 0.6 is 27.3 Å². The van der Waals surface area contributed by atoms with Gasteiger partial charge < -0.3 is 5.11 Å². The molecule has 2 rings (SSSR count). The molecule has 1 aromatic heterocycles. The van der Waals surface area contributed by atoms with Crippen molar-refractivity contribution in [3.05, 3.63) is 50.4 Å². The fourth-order valence-electron chi connectivity index (χ4n) is 1.74. The normalized spacial score (nSPS) is 11.5. The first kappa shape index (κ1) is 16.1. The molecular formula is C13H10BrFO4S2. The number of aryl methyl sites for hydroxylation is 1. The molecule has 0 unspecified atom stereocenters. The Morgan fingerprint density at radius 1 is 1.38 bits per heavy atom. The predicted octanol–water partition coefficient (Wildman–Crippen LogP) is 3.36. The van der Waals surface area contributed by atoms with Gasteiger partial charge in [0.25, 0.3) is 0 Å². The van der Waals surface area contributed by atoms with Crippen LogP contribution in [0, 0.1) is 5.82 Å². The van der Waals surface area contributed by atoms with E-state index in [-0.39, 0.29) is 16.6 Å². The van der Waals surface area contributed by atoms with E-state index in [0.29, 0.717) is 0 Å². The summed E-state index contributed by atoms with van der Waals surface area (Å²) in [5.41, 5.74) is 0.177. The molecule has 0 saturated carbocycles. The van der Waals surface area contributed by atoms with Crippen molar-refractivity contribution >= 4 is 43.1 Å². The van der Waals surface area contributed by atoms with Gasteiger partial charge in [-0.15, -0.1) is 0 Å². The Morgan fingerprint density at radius 3 is 2.67 bits per heavy atom. The third-order valence-corrected chi connectivity index (χ3v) is 5.71. The van der Waals surface area contributed by atoms with Gasteiger partial charge in [0.2, 0.25) is 0 Å². The van der Waals surface area contributed by atoms with E-state index < -0.39 is 32.1 Å². The van der Waals surface area contributed by atoms with Crippen molar-refractivity contribution in [2.75, 3.05) is 5.75 Å². The number of sulfone groups is 1. The van der Waals surface area contributed by atoms with Crippen LogP contribution in [0.2, 0.25) is 0 Å². The minimum Gasteiger partial charge on any atom is -0.478 e. The number of rotatable bonds is 5. The maximum absolute atomic E-state index is 14.1. The maximum atomic E-state index is 14.1. The van der Waals surface area contributed by atoms with Gasteiger partial charge in [-0.25, -0.2) is 17.6 Å². The zero-order valence-electron chi connectivity index (χ0n) is 10.5. The molecule has 0 atom stereocenters. The fourth-order valence-corrected chi connectivity index (χ4v) is 4.47. The third-order valence-electron chi connectivity index (χ3n) is 2.81. The Bertz CT molecular complexity index is 770. The smallest absolute Gasteiger partial charge is 0.338 e. The van der Waals surface area contributed by atoms with Crippen molar-refractivity contribution in [2.45, 2.75) is 11.3 Å². The first-order valence-corrected chi connectivity index (χ1v) is 9.16. The lowest BCUT2D eigenvalue weighted by molar-refractivity contribution is 0.0691. The van der Waals surface area contributed by atoms with E-state index in [4.69, 9.17) is 5.11 Å². The van der Waals surface area contributed by atoms with Crippen LogP contribution in [0.25, 0.3) is 0 Å². The number of hydrogen-bond donors (Lipinski definition) is 1. The van der Waals surface area contributed by atoms with E-state index in [1.165, 1.54) is 11.3 Å². The second-order valence-electron chi connectivity index (χ2n) is 4.27. The molecule has 1 aromatic carbocycles. The molecule has 1 N–H and O–H groups in total. The Hall–Kier alpha value is -1.25. The highest BCUT2D eigenvalue weighted by Gasteiger charge is 2.25. The molecule has 1 heterocycles. The van der Waals surface area contributed by atoms with Gasteiger partial charge in [0.1, 0.15) is 4.90 Å². The molecule has 0 spiro atoms. The number of carbonyl (C=O) groups is 1. The maximum Gasteiger partial charge on any atom is 0.338 e. The topological polar surface area (TPSA) is 71.4 Å². The SMILES string of the molecule is O=C(O)c1cc(Br)cc(S(=O)(=O)CCc2ccsc2)c1F. The molecule has 0 aliphatic heterocycles. The van der Waals surface area contributed by atoms with Gasteiger partial charge in [0.05, 0.1) is 11.3 Å². The Balaban J connectivity index is 2.37. The number of halogens is 2. The highest BCUT2D eigenvalue weighted by Crippen LogP contribution is 2.25. The number of aromatic carboxylic acids is 1. The molecule has 2 aromatic rings. The first-order valence-electron chi connectivity index (χ1n) is 5.77. The van der Waals surface area contributed by atoms with Crippen molar-refractivity contribution in [2.24, 2.45) is 0 Å². The Kier molecular flexibility index (Phi) is 4.80. The zero-order chi connectivity index (χ0) is 15.6. The van der Waals surface area contributed by atoms with Crippen LogP contribution in [0.3, 0.4) is 0 Å². The summed E-state index contributed by atoms with van der Waals surface area (Å²) in [6.45, 7) is 0. The van der Waals surface area contributed by atoms with Gasteiger partial charge in [0, 0.05) is 4.47 Å². The molecule has 0 aliphatic carbocycles. The van der Waals surface area contributed by atoms with Gasteiger partial charge in [-0.2, -0.15) is 11.3 Å². The van der Waals surface area contributed by atoms with Gasteiger partial charge >= 0.3 is 5.97 Å². The summed E-state index contributed by atoms with van der Waals surface area (Å²) in [5.74, 6) is -3.02. The molecule has 8 heteroatoms. The highest BCUT2D eigenvalue weighted by molar-refractivity contribution is 9.10. The van der Waals surface area contributed by atoms with Crippen molar-refractivity contribution in [1.29, 1.82) is 0 Å². The lowest BCUT2D eigenvalue weighted by Gasteiger charge is -2.08. The molecular weight excluding hydrogens is 383 g/mol. The Morgan fingerprint density at radius 2 is 2.10 bits per heavy atom. The molecule has 0 fully saturated rings. The summed E-state index contributed by atoms with van der Waals surface area (Å²) in [6.07, 6.45) is 0.250. The summed E-state index contributed by atoms with van der Waals surface area (Å²) >= 11 is 4.45. The number of benzene rings is 1. The molecule has 21 heavy (non-hydrogen) atoms. The van der Waals surface area contributed by atoms with Gasteiger partial charge in [-0.3, -0.25) is 0 Å². The van der Waals surface area contributed by atoms with Crippen LogP contribution < -0.4 is 0 Å². The molecule has 0 saturated heterocycles. The van der Waals surface area contributed by atoms with Crippen LogP contribution in [-0.4, -0.2) is 25.2 Å². The largest absolute Gasteiger partial charge is 0.478 e. The quantitative estimate of drug-likeness (QED) is 0.846. The van der Waals surface area contributed by atoms with E-state index in [9.17, 15) is 17.6 Å². The van der Waals surface area contributed by atoms with Crippen molar-refractivity contribution in [1.82, 2.24) is 0 Å². The zero-order valence-corrected chi connectivity index (χ0v) is 13.8. The number of carboxylic acid groups (broad SMARTS) is 1. The third kappa shape index (κ3) is 3.69. The van der Waals surface area contributed by atoms with E-state index in [0.717, 1.165) is 17.7 Å². The number of hydrogen-bond acceptors (Lipinski definition) is 4. The summed E-state index contributed by atoms with van der Waals surface area (Å²) < 4.78 is 38.7. The van der Waals surface area contributed by atoms with Gasteiger partial charge in [-0.05, 0) is 40.9 Å². The summed E-state index contributed by atoms with van der Waals surface area (Å²) in [6, 6.07) is 3.92. The molecule has 4 nitrogen and oxygen atoms in total. The molecule has 0 amide bonds. The second-order valence-corrected chi connectivity index (χ2v) is 8.04. The standard InChI is InChI=1S/C13H10BrFO4S2/c14-9-5-10(13(16)17)12(15)11(6-9)21(18,19)4-2-8-1-3-20-7-8/h1,3,5-7H,2,4H2,(H,16,17).